The van der Waals surface area contributed by atoms with Crippen molar-refractivity contribution >= 4 is 11.5 Å². The van der Waals surface area contributed by atoms with Crippen LogP contribution in [-0.4, -0.2) is 5.78 Å². The predicted molar refractivity (Wildman–Crippen MR) is 147 cm³/mol. The molecule has 5 heteroatoms. The average Bonchev–Trinajstić information content (AvgIpc) is 3.77. The van der Waals surface area contributed by atoms with Crippen molar-refractivity contribution in [1.82, 2.24) is 0 Å². The van der Waals surface area contributed by atoms with Crippen molar-refractivity contribution in [1.29, 1.82) is 0 Å². The molecule has 0 aliphatic rings. The maximum absolute atomic E-state index is 12.5. The van der Waals surface area contributed by atoms with E-state index in [1.807, 2.05) is 164 Å². The molecule has 38 heavy (non-hydrogen) atoms. The first-order chi connectivity index (χ1) is 17.2. The van der Waals surface area contributed by atoms with Crippen LogP contribution in [-0.2, 0) is 61.5 Å². The summed E-state index contributed by atoms with van der Waals surface area (Å²) in [6.45, 7) is 1.63. The van der Waals surface area contributed by atoms with Crippen LogP contribution in [0.5, 0.6) is 0 Å². The minimum atomic E-state index is -0.818. The Morgan fingerprint density at radius 1 is 0.553 bits per heavy atom. The fourth-order valence-corrected chi connectivity index (χ4v) is 3.69. The molecule has 0 unspecified atom stereocenters. The Labute approximate surface area is 258 Å². The van der Waals surface area contributed by atoms with E-state index in [1.54, 1.807) is 6.92 Å². The van der Waals surface area contributed by atoms with Crippen molar-refractivity contribution < 1.29 is 56.0 Å². The first-order valence-electron chi connectivity index (χ1n) is 11.7. The van der Waals surface area contributed by atoms with Crippen LogP contribution in [0.4, 0.5) is 5.69 Å². The van der Waals surface area contributed by atoms with Crippen LogP contribution >= 0.6 is 0 Å². The number of carbonyl (C=O) groups excluding carboxylic acids is 1. The summed E-state index contributed by atoms with van der Waals surface area (Å²) in [5.74, 6) is 0.0797. The maximum Gasteiger partial charge on any atom is 0.139 e. The minimum absolute atomic E-state index is 0. The van der Waals surface area contributed by atoms with E-state index >= 15 is 0 Å². The van der Waals surface area contributed by atoms with Crippen molar-refractivity contribution in [3.8, 4) is 0 Å². The average molecular weight is 625 g/mol. The van der Waals surface area contributed by atoms with E-state index in [-0.39, 0.29) is 57.0 Å². The van der Waals surface area contributed by atoms with Crippen LogP contribution < -0.4 is 5.32 Å². The van der Waals surface area contributed by atoms with E-state index in [4.69, 9.17) is 0 Å². The number of ketones is 1. The Bertz CT molecular complexity index is 1070. The van der Waals surface area contributed by atoms with Crippen LogP contribution in [0, 0.1) is 0 Å². The number of rotatable bonds is 5. The number of carbonyl (C=O) groups is 1. The molecule has 6 aromatic carbocycles. The van der Waals surface area contributed by atoms with Crippen molar-refractivity contribution in [3.63, 3.8) is 0 Å². The second-order valence-corrected chi connectivity index (χ2v) is 7.84. The standard InChI is InChI=1S/C18H16NO.3C5H5.3Fe/c1-14(20)18(15-8-2-3-9-15,16-10-4-5-11-16)19-17-12-6-7-13-17;3*1-2-4-5-3-1;;;/h2-13,19H,1H3;3*1-5H;;;/q-3;-5;2*-1;;;. The van der Waals surface area contributed by atoms with Gasteiger partial charge in [-0.05, 0) is 6.92 Å². The summed E-state index contributed by atoms with van der Waals surface area (Å²) in [7, 11) is 0. The van der Waals surface area contributed by atoms with Gasteiger partial charge in [0.05, 0.1) is 0 Å². The normalized spacial score (nSPS) is 9.18. The van der Waals surface area contributed by atoms with E-state index in [2.05, 4.69) is 5.32 Å². The maximum atomic E-state index is 12.5. The van der Waals surface area contributed by atoms with Crippen LogP contribution in [0.1, 0.15) is 18.1 Å². The number of nitrogens with one attached hydrogen (secondary N) is 1. The summed E-state index contributed by atoms with van der Waals surface area (Å²) in [6.07, 6.45) is 0. The van der Waals surface area contributed by atoms with Crippen LogP contribution in [0.3, 0.4) is 0 Å². The molecule has 0 saturated heterocycles. The summed E-state index contributed by atoms with van der Waals surface area (Å²) >= 11 is 0. The van der Waals surface area contributed by atoms with Gasteiger partial charge in [0.1, 0.15) is 5.78 Å². The molecule has 0 atom stereocenters. The van der Waals surface area contributed by atoms with Gasteiger partial charge in [-0.1, -0.05) is 5.69 Å². The van der Waals surface area contributed by atoms with Gasteiger partial charge in [0.2, 0.25) is 0 Å². The Morgan fingerprint density at radius 2 is 0.868 bits per heavy atom. The molecule has 0 amide bonds. The van der Waals surface area contributed by atoms with Gasteiger partial charge in [-0.15, -0.1) is 11.1 Å². The third-order valence-corrected chi connectivity index (χ3v) is 5.38. The molecule has 0 fully saturated rings. The van der Waals surface area contributed by atoms with E-state index in [9.17, 15) is 4.79 Å². The first-order valence-corrected chi connectivity index (χ1v) is 11.7. The topological polar surface area (TPSA) is 29.1 Å². The SMILES string of the molecule is CC(=O)C(N[c-]1cccc1)([c-]1cccc1)[c-]1cccc1.[Fe].[Fe].[Fe].[cH-]1[cH-][cH-][cH-][cH-]1.c1cc[cH-]c1.c1cc[cH-]c1. The van der Waals surface area contributed by atoms with E-state index in [1.165, 1.54) is 0 Å². The summed E-state index contributed by atoms with van der Waals surface area (Å²) in [4.78, 5) is 12.5. The van der Waals surface area contributed by atoms with Crippen molar-refractivity contribution in [2.75, 3.05) is 5.32 Å². The van der Waals surface area contributed by atoms with Crippen molar-refractivity contribution in [3.05, 3.63) is 175 Å². The second-order valence-electron chi connectivity index (χ2n) is 7.84. The molecule has 0 heterocycles. The zero-order valence-electron chi connectivity index (χ0n) is 21.1. The second kappa shape index (κ2) is 20.1. The molecule has 1 N–H and O–H groups in total. The zero-order chi connectivity index (χ0) is 24.6. The molecule has 0 bridgehead atoms. The quantitative estimate of drug-likeness (QED) is 0.156. The van der Waals surface area contributed by atoms with Gasteiger partial charge < -0.3 is 35.6 Å². The van der Waals surface area contributed by atoms with Crippen molar-refractivity contribution in [2.24, 2.45) is 0 Å². The van der Waals surface area contributed by atoms with Crippen LogP contribution in [0.2, 0.25) is 0 Å². The Balaban J connectivity index is 0.000000620. The molecule has 6 rings (SSSR count). The molecule has 0 saturated carbocycles. The Kier molecular flexibility index (Phi) is 18.6. The van der Waals surface area contributed by atoms with E-state index in [0.29, 0.717) is 0 Å². The van der Waals surface area contributed by atoms with Gasteiger partial charge in [-0.3, -0.25) is 4.79 Å². The third-order valence-electron chi connectivity index (χ3n) is 5.38. The molecule has 208 valence electrons. The zero-order valence-corrected chi connectivity index (χ0v) is 24.4. The van der Waals surface area contributed by atoms with Crippen molar-refractivity contribution in [2.45, 2.75) is 12.5 Å². The Morgan fingerprint density at radius 3 is 1.13 bits per heavy atom. The summed E-state index contributed by atoms with van der Waals surface area (Å²) < 4.78 is 0. The predicted octanol–water partition coefficient (Wildman–Crippen LogP) is 8.00. The summed E-state index contributed by atoms with van der Waals surface area (Å²) in [6, 6.07) is 53.7. The fourth-order valence-electron chi connectivity index (χ4n) is 3.69. The molecule has 0 aromatic heterocycles. The van der Waals surface area contributed by atoms with Gasteiger partial charge in [-0.2, -0.15) is 72.8 Å². The number of hydrogen-bond acceptors (Lipinski definition) is 2. The minimum Gasteiger partial charge on any atom is -0.748 e. The smallest absolute Gasteiger partial charge is 0.139 e. The molecule has 2 nitrogen and oxygen atoms in total. The summed E-state index contributed by atoms with van der Waals surface area (Å²) in [5, 5.41) is 3.43. The fraction of sp³-hybridized carbons (Fsp3) is 0.0606. The monoisotopic (exact) mass is 625 g/mol. The number of hydrogen-bond donors (Lipinski definition) is 1. The van der Waals surface area contributed by atoms with E-state index < -0.39 is 5.54 Å². The van der Waals surface area contributed by atoms with Gasteiger partial charge >= 0.3 is 0 Å². The van der Waals surface area contributed by atoms with Gasteiger partial charge in [0, 0.05) is 56.7 Å². The first kappa shape index (κ1) is 35.1. The summed E-state index contributed by atoms with van der Waals surface area (Å²) in [5.41, 5.74) is 2.07. The molecule has 0 aliphatic carbocycles. The van der Waals surface area contributed by atoms with Gasteiger partial charge in [0.15, 0.2) is 0 Å². The third kappa shape index (κ3) is 10.9. The molecular formula is C33H31Fe3NO-10. The number of Topliss-reactive ketones (excluding diaryl/α,β-unsaturated/α-hetero) is 1. The molecular weight excluding hydrogens is 594 g/mol. The van der Waals surface area contributed by atoms with Gasteiger partial charge in [-0.25, -0.2) is 60.7 Å². The van der Waals surface area contributed by atoms with Crippen LogP contribution in [0.15, 0.2) is 164 Å². The molecule has 0 radical (unpaired) electrons. The molecule has 0 aliphatic heterocycles. The van der Waals surface area contributed by atoms with Gasteiger partial charge in [0.25, 0.3) is 0 Å². The molecule has 0 spiro atoms. The van der Waals surface area contributed by atoms with E-state index in [0.717, 1.165) is 16.8 Å². The Hall–Kier alpha value is -2.87. The number of anilines is 1. The molecule has 6 aromatic rings. The van der Waals surface area contributed by atoms with Crippen LogP contribution in [0.25, 0.3) is 0 Å². The largest absolute Gasteiger partial charge is 0.748 e.